The Morgan fingerprint density at radius 2 is 1.46 bits per heavy atom. The van der Waals surface area contributed by atoms with Crippen molar-refractivity contribution < 1.29 is 14.4 Å². The molecule has 0 radical (unpaired) electrons. The number of para-hydroxylation sites is 2. The fraction of sp³-hybridized carbons (Fsp3) is 0.136. The molecule has 2 aromatic carbocycles. The highest BCUT2D eigenvalue weighted by Gasteiger charge is 2.60. The van der Waals surface area contributed by atoms with Gasteiger partial charge in [0.15, 0.2) is 6.10 Å². The maximum Gasteiger partial charge on any atom is 0.266 e. The van der Waals surface area contributed by atoms with Crippen molar-refractivity contribution in [2.45, 2.75) is 12.1 Å². The average molecular weight is 371 g/mol. The molecule has 0 bridgehead atoms. The van der Waals surface area contributed by atoms with Gasteiger partial charge >= 0.3 is 0 Å². The summed E-state index contributed by atoms with van der Waals surface area (Å²) in [5.74, 6) is -1.24. The molecule has 2 fully saturated rings. The Morgan fingerprint density at radius 1 is 0.786 bits per heavy atom. The molecular formula is C22H17N3O3. The minimum atomic E-state index is -0.863. The zero-order valence-corrected chi connectivity index (χ0v) is 14.9. The number of aromatic nitrogens is 1. The highest BCUT2D eigenvalue weighted by molar-refractivity contribution is 6.23. The first kappa shape index (κ1) is 16.6. The van der Waals surface area contributed by atoms with Gasteiger partial charge in [0.2, 0.25) is 5.91 Å². The molecule has 1 aromatic heterocycles. The Hall–Kier alpha value is -3.51. The van der Waals surface area contributed by atoms with Gasteiger partial charge in [-0.15, -0.1) is 0 Å². The molecule has 6 nitrogen and oxygen atoms in total. The van der Waals surface area contributed by atoms with Gasteiger partial charge in [0.25, 0.3) is 5.91 Å². The molecule has 0 saturated carbocycles. The number of carbonyl (C=O) groups is 2. The number of pyridine rings is 1. The number of carbonyl (C=O) groups excluding carboxylic acids is 2. The Balaban J connectivity index is 1.59. The molecule has 3 atom stereocenters. The second-order valence-electron chi connectivity index (χ2n) is 6.79. The number of nitrogens with zero attached hydrogens (tertiary/aromatic N) is 3. The van der Waals surface area contributed by atoms with Crippen LogP contribution in [0.5, 0.6) is 0 Å². The quantitative estimate of drug-likeness (QED) is 0.662. The van der Waals surface area contributed by atoms with E-state index in [0.29, 0.717) is 5.69 Å². The van der Waals surface area contributed by atoms with Gasteiger partial charge in [0, 0.05) is 12.4 Å². The van der Waals surface area contributed by atoms with Gasteiger partial charge in [0.05, 0.1) is 17.4 Å². The zero-order valence-electron chi connectivity index (χ0n) is 14.9. The van der Waals surface area contributed by atoms with Gasteiger partial charge in [-0.1, -0.05) is 42.5 Å². The molecular weight excluding hydrogens is 354 g/mol. The van der Waals surface area contributed by atoms with Gasteiger partial charge in [-0.25, -0.2) is 9.96 Å². The fourth-order valence-electron chi connectivity index (χ4n) is 3.93. The molecule has 0 spiro atoms. The largest absolute Gasteiger partial charge is 0.273 e. The number of fused-ring (bicyclic) bond motifs is 1. The fourth-order valence-corrected chi connectivity index (χ4v) is 3.93. The summed E-state index contributed by atoms with van der Waals surface area (Å²) in [6, 6.07) is 21.8. The molecule has 2 aliphatic rings. The third-order valence-electron chi connectivity index (χ3n) is 5.17. The molecule has 2 saturated heterocycles. The van der Waals surface area contributed by atoms with E-state index in [4.69, 9.17) is 4.84 Å². The number of anilines is 2. The summed E-state index contributed by atoms with van der Waals surface area (Å²) in [4.78, 5) is 37.9. The van der Waals surface area contributed by atoms with E-state index in [1.807, 2.05) is 48.5 Å². The van der Waals surface area contributed by atoms with E-state index in [1.54, 1.807) is 41.7 Å². The number of amides is 2. The monoisotopic (exact) mass is 371 g/mol. The van der Waals surface area contributed by atoms with E-state index < -0.39 is 18.1 Å². The van der Waals surface area contributed by atoms with Gasteiger partial charge < -0.3 is 0 Å². The Bertz CT molecular complexity index is 1010. The molecule has 2 amide bonds. The SMILES string of the molecule is O=C1[C@@H]2[C@H](ON(c3ccccc3)[C@H]2c2cccnc2)C(=O)N1c1ccccc1. The maximum absolute atomic E-state index is 13.3. The van der Waals surface area contributed by atoms with Gasteiger partial charge in [-0.2, -0.15) is 0 Å². The smallest absolute Gasteiger partial charge is 0.266 e. The van der Waals surface area contributed by atoms with E-state index in [9.17, 15) is 9.59 Å². The van der Waals surface area contributed by atoms with E-state index >= 15 is 0 Å². The van der Waals surface area contributed by atoms with E-state index in [0.717, 1.165) is 11.3 Å². The molecule has 3 heterocycles. The number of hydrogen-bond acceptors (Lipinski definition) is 5. The first-order valence-corrected chi connectivity index (χ1v) is 9.09. The molecule has 3 aromatic rings. The van der Waals surface area contributed by atoms with Crippen LogP contribution in [0.4, 0.5) is 11.4 Å². The van der Waals surface area contributed by atoms with Gasteiger partial charge in [-0.3, -0.25) is 19.4 Å². The van der Waals surface area contributed by atoms with Gasteiger partial charge in [0.1, 0.15) is 5.92 Å². The molecule has 0 unspecified atom stereocenters. The van der Waals surface area contributed by atoms with Gasteiger partial charge in [-0.05, 0) is 35.9 Å². The summed E-state index contributed by atoms with van der Waals surface area (Å²) in [5, 5.41) is 1.67. The molecule has 5 rings (SSSR count). The van der Waals surface area contributed by atoms with Crippen LogP contribution in [0.1, 0.15) is 11.6 Å². The lowest BCUT2D eigenvalue weighted by molar-refractivity contribution is -0.126. The van der Waals surface area contributed by atoms with Crippen LogP contribution in [-0.2, 0) is 14.4 Å². The minimum absolute atomic E-state index is 0.256. The second kappa shape index (κ2) is 6.58. The van der Waals surface area contributed by atoms with Crippen molar-refractivity contribution in [3.8, 4) is 0 Å². The Morgan fingerprint density at radius 3 is 2.11 bits per heavy atom. The average Bonchev–Trinajstić information content (AvgIpc) is 3.26. The summed E-state index contributed by atoms with van der Waals surface area (Å²) < 4.78 is 0. The predicted molar refractivity (Wildman–Crippen MR) is 103 cm³/mol. The van der Waals surface area contributed by atoms with Crippen molar-refractivity contribution in [2.24, 2.45) is 5.92 Å². The van der Waals surface area contributed by atoms with Crippen LogP contribution >= 0.6 is 0 Å². The molecule has 2 aliphatic heterocycles. The van der Waals surface area contributed by atoms with E-state index in [1.165, 1.54) is 4.90 Å². The number of hydrogen-bond donors (Lipinski definition) is 0. The molecule has 138 valence electrons. The highest BCUT2D eigenvalue weighted by Crippen LogP contribution is 2.47. The lowest BCUT2D eigenvalue weighted by atomic mass is 9.91. The lowest BCUT2D eigenvalue weighted by Crippen LogP contribution is -2.37. The number of rotatable bonds is 3. The zero-order chi connectivity index (χ0) is 19.1. The summed E-state index contributed by atoms with van der Waals surface area (Å²) in [5.41, 5.74) is 2.18. The first-order chi connectivity index (χ1) is 13.8. The van der Waals surface area contributed by atoms with Crippen molar-refractivity contribution in [3.05, 3.63) is 90.8 Å². The van der Waals surface area contributed by atoms with Crippen LogP contribution in [0.15, 0.2) is 85.2 Å². The minimum Gasteiger partial charge on any atom is -0.273 e. The van der Waals surface area contributed by atoms with Crippen LogP contribution in [0.3, 0.4) is 0 Å². The lowest BCUT2D eigenvalue weighted by Gasteiger charge is -2.28. The third-order valence-corrected chi connectivity index (χ3v) is 5.17. The van der Waals surface area contributed by atoms with E-state index in [2.05, 4.69) is 4.98 Å². The van der Waals surface area contributed by atoms with E-state index in [-0.39, 0.29) is 11.8 Å². The third kappa shape index (κ3) is 2.50. The van der Waals surface area contributed by atoms with Crippen LogP contribution < -0.4 is 9.96 Å². The molecule has 28 heavy (non-hydrogen) atoms. The standard InChI is InChI=1S/C22H17N3O3/c26-21-18-19(15-8-7-13-23-14-15)25(17-11-5-2-6-12-17)28-20(18)22(27)24(21)16-9-3-1-4-10-16/h1-14,18-20H/t18-,19-,20-/m0/s1. The van der Waals surface area contributed by atoms with Crippen LogP contribution in [0.25, 0.3) is 0 Å². The summed E-state index contributed by atoms with van der Waals surface area (Å²) >= 11 is 0. The maximum atomic E-state index is 13.3. The molecule has 0 N–H and O–H groups in total. The van der Waals surface area contributed by atoms with Crippen molar-refractivity contribution in [1.29, 1.82) is 0 Å². The van der Waals surface area contributed by atoms with Crippen LogP contribution in [0, 0.1) is 5.92 Å². The number of imide groups is 1. The second-order valence-corrected chi connectivity index (χ2v) is 6.79. The summed E-state index contributed by atoms with van der Waals surface area (Å²) in [7, 11) is 0. The van der Waals surface area contributed by atoms with Crippen molar-refractivity contribution >= 4 is 23.2 Å². The van der Waals surface area contributed by atoms with Crippen molar-refractivity contribution in [3.63, 3.8) is 0 Å². The topological polar surface area (TPSA) is 62.7 Å². The summed E-state index contributed by atoms with van der Waals surface area (Å²) in [6.07, 6.45) is 2.54. The molecule has 6 heteroatoms. The number of benzene rings is 2. The van der Waals surface area contributed by atoms with Crippen molar-refractivity contribution in [1.82, 2.24) is 4.98 Å². The highest BCUT2D eigenvalue weighted by atomic mass is 16.7. The van der Waals surface area contributed by atoms with Crippen LogP contribution in [0.2, 0.25) is 0 Å². The molecule has 0 aliphatic carbocycles. The number of hydroxylamine groups is 1. The normalized spacial score (nSPS) is 23.9. The predicted octanol–water partition coefficient (Wildman–Crippen LogP) is 3.13. The Labute approximate surface area is 161 Å². The van der Waals surface area contributed by atoms with Crippen LogP contribution in [-0.4, -0.2) is 22.9 Å². The van der Waals surface area contributed by atoms with Crippen molar-refractivity contribution in [2.75, 3.05) is 9.96 Å². The summed E-state index contributed by atoms with van der Waals surface area (Å²) in [6.45, 7) is 0. The first-order valence-electron chi connectivity index (χ1n) is 9.09. The Kier molecular flexibility index (Phi) is 3.91.